The van der Waals surface area contributed by atoms with Crippen LogP contribution in [-0.2, 0) is 11.8 Å². The van der Waals surface area contributed by atoms with Crippen LogP contribution in [0.3, 0.4) is 0 Å². The number of hydrogen-bond donors (Lipinski definition) is 1. The third-order valence-corrected chi connectivity index (χ3v) is 4.65. The van der Waals surface area contributed by atoms with Crippen molar-refractivity contribution in [3.05, 3.63) is 86.9 Å². The zero-order valence-corrected chi connectivity index (χ0v) is 17.6. The number of nitrogens with one attached hydrogen (secondary N) is 1. The molecule has 1 aromatic heterocycles. The molecule has 148 valence electrons. The number of benzene rings is 2. The van der Waals surface area contributed by atoms with Crippen LogP contribution in [0.4, 0.5) is 5.82 Å². The van der Waals surface area contributed by atoms with Gasteiger partial charge in [-0.25, -0.2) is 4.79 Å². The van der Waals surface area contributed by atoms with Gasteiger partial charge in [0.1, 0.15) is 11.6 Å². The maximum absolute atomic E-state index is 12.3. The Kier molecular flexibility index (Phi) is 6.61. The number of nitrogens with zero attached hydrogens (tertiary/aromatic N) is 2. The van der Waals surface area contributed by atoms with Crippen LogP contribution in [0.15, 0.2) is 70.1 Å². The molecule has 0 radical (unpaired) electrons. The van der Waals surface area contributed by atoms with E-state index in [-0.39, 0.29) is 11.7 Å². The standard InChI is InChI=1S/C22H20BrN3O3/c1-15(21(27)24-20-13-14-26(2)22(28)25-20)29-19-11-7-17(8-12-19)4-3-16-5-9-18(23)10-6-16/h3-15H,1-2H3,(H,24,25,27,28)/b4-3+. The van der Waals surface area contributed by atoms with Gasteiger partial charge in [0, 0.05) is 17.7 Å². The zero-order chi connectivity index (χ0) is 20.8. The Bertz CT molecular complexity index is 1070. The highest BCUT2D eigenvalue weighted by molar-refractivity contribution is 9.10. The second-order valence-corrected chi connectivity index (χ2v) is 7.33. The number of hydrogen-bond acceptors (Lipinski definition) is 4. The first-order valence-electron chi connectivity index (χ1n) is 8.95. The van der Waals surface area contributed by atoms with Crippen LogP contribution in [0.5, 0.6) is 5.75 Å². The Hall–Kier alpha value is -3.19. The molecule has 0 bridgehead atoms. The number of halogens is 1. The highest BCUT2D eigenvalue weighted by Gasteiger charge is 2.15. The fourth-order valence-corrected chi connectivity index (χ4v) is 2.71. The predicted octanol–water partition coefficient (Wildman–Crippen LogP) is 4.12. The maximum Gasteiger partial charge on any atom is 0.349 e. The van der Waals surface area contributed by atoms with E-state index in [1.807, 2.05) is 60.7 Å². The molecule has 0 saturated carbocycles. The molecule has 0 aliphatic carbocycles. The molecule has 3 aromatic rings. The van der Waals surface area contributed by atoms with Crippen LogP contribution in [0.2, 0.25) is 0 Å². The summed E-state index contributed by atoms with van der Waals surface area (Å²) in [5, 5.41) is 2.58. The number of aryl methyl sites for hydroxylation is 1. The molecule has 0 fully saturated rings. The minimum atomic E-state index is -0.745. The monoisotopic (exact) mass is 453 g/mol. The summed E-state index contributed by atoms with van der Waals surface area (Å²) < 4.78 is 8.04. The molecule has 1 N–H and O–H groups in total. The Morgan fingerprint density at radius 3 is 2.24 bits per heavy atom. The fourth-order valence-electron chi connectivity index (χ4n) is 2.44. The van der Waals surface area contributed by atoms with Gasteiger partial charge < -0.3 is 14.6 Å². The van der Waals surface area contributed by atoms with Crippen molar-refractivity contribution in [2.75, 3.05) is 5.32 Å². The van der Waals surface area contributed by atoms with Crippen molar-refractivity contribution in [2.24, 2.45) is 7.05 Å². The third kappa shape index (κ3) is 5.89. The topological polar surface area (TPSA) is 73.2 Å². The van der Waals surface area contributed by atoms with Crippen molar-refractivity contribution in [2.45, 2.75) is 13.0 Å². The van der Waals surface area contributed by atoms with Crippen molar-refractivity contribution in [1.82, 2.24) is 9.55 Å². The Morgan fingerprint density at radius 2 is 1.66 bits per heavy atom. The van der Waals surface area contributed by atoms with Gasteiger partial charge in [0.05, 0.1) is 0 Å². The van der Waals surface area contributed by atoms with Crippen LogP contribution in [-0.4, -0.2) is 21.6 Å². The quantitative estimate of drug-likeness (QED) is 0.569. The molecule has 1 unspecified atom stereocenters. The largest absolute Gasteiger partial charge is 0.481 e. The molecule has 0 aliphatic rings. The number of amides is 1. The third-order valence-electron chi connectivity index (χ3n) is 4.13. The van der Waals surface area contributed by atoms with Gasteiger partial charge in [-0.15, -0.1) is 0 Å². The number of anilines is 1. The SMILES string of the molecule is CC(Oc1ccc(/C=C/c2ccc(Br)cc2)cc1)C(=O)Nc1ccn(C)c(=O)n1. The highest BCUT2D eigenvalue weighted by atomic mass is 79.9. The number of aromatic nitrogens is 2. The average Bonchev–Trinajstić information content (AvgIpc) is 2.71. The Morgan fingerprint density at radius 1 is 1.07 bits per heavy atom. The summed E-state index contributed by atoms with van der Waals surface area (Å²) >= 11 is 3.42. The van der Waals surface area contributed by atoms with Gasteiger partial charge >= 0.3 is 5.69 Å². The predicted molar refractivity (Wildman–Crippen MR) is 118 cm³/mol. The van der Waals surface area contributed by atoms with Crippen molar-refractivity contribution in [3.63, 3.8) is 0 Å². The van der Waals surface area contributed by atoms with E-state index < -0.39 is 11.8 Å². The summed E-state index contributed by atoms with van der Waals surface area (Å²) in [4.78, 5) is 27.6. The number of carbonyl (C=O) groups excluding carboxylic acids is 1. The van der Waals surface area contributed by atoms with Gasteiger partial charge in [-0.05, 0) is 48.4 Å². The van der Waals surface area contributed by atoms with Crippen molar-refractivity contribution in [1.29, 1.82) is 0 Å². The summed E-state index contributed by atoms with van der Waals surface area (Å²) in [7, 11) is 1.59. The summed E-state index contributed by atoms with van der Waals surface area (Å²) in [6.07, 6.45) is 4.82. The van der Waals surface area contributed by atoms with Gasteiger partial charge in [-0.3, -0.25) is 4.79 Å². The van der Waals surface area contributed by atoms with Crippen LogP contribution in [0.25, 0.3) is 12.2 Å². The Balaban J connectivity index is 1.58. The normalized spacial score (nSPS) is 12.0. The van der Waals surface area contributed by atoms with Crippen molar-refractivity contribution in [3.8, 4) is 5.75 Å². The smallest absolute Gasteiger partial charge is 0.349 e. The molecule has 29 heavy (non-hydrogen) atoms. The maximum atomic E-state index is 12.3. The summed E-state index contributed by atoms with van der Waals surface area (Å²) in [5.74, 6) is 0.386. The second kappa shape index (κ2) is 9.34. The van der Waals surface area contributed by atoms with Crippen molar-refractivity contribution >= 4 is 39.8 Å². The van der Waals surface area contributed by atoms with Crippen LogP contribution >= 0.6 is 15.9 Å². The van der Waals surface area contributed by atoms with Crippen LogP contribution in [0, 0.1) is 0 Å². The molecule has 1 atom stereocenters. The minimum absolute atomic E-state index is 0.196. The molecule has 0 spiro atoms. The lowest BCUT2D eigenvalue weighted by Gasteiger charge is -2.14. The van der Waals surface area contributed by atoms with Crippen LogP contribution < -0.4 is 15.7 Å². The van der Waals surface area contributed by atoms with E-state index in [1.165, 1.54) is 10.8 Å². The highest BCUT2D eigenvalue weighted by Crippen LogP contribution is 2.17. The van der Waals surface area contributed by atoms with E-state index in [9.17, 15) is 9.59 Å². The molecular formula is C22H20BrN3O3. The van der Waals surface area contributed by atoms with E-state index >= 15 is 0 Å². The number of rotatable bonds is 6. The fraction of sp³-hybridized carbons (Fsp3) is 0.136. The molecule has 6 nitrogen and oxygen atoms in total. The Labute approximate surface area is 177 Å². The second-order valence-electron chi connectivity index (χ2n) is 6.41. The van der Waals surface area contributed by atoms with Crippen LogP contribution in [0.1, 0.15) is 18.1 Å². The molecule has 1 heterocycles. The molecule has 0 aliphatic heterocycles. The minimum Gasteiger partial charge on any atom is -0.481 e. The lowest BCUT2D eigenvalue weighted by molar-refractivity contribution is -0.122. The molecule has 3 rings (SSSR count). The van der Waals surface area contributed by atoms with Gasteiger partial charge in [0.15, 0.2) is 6.10 Å². The first kappa shape index (κ1) is 20.5. The first-order chi connectivity index (χ1) is 13.9. The van der Waals surface area contributed by atoms with E-state index in [1.54, 1.807) is 20.0 Å². The number of ether oxygens (including phenoxy) is 1. The van der Waals surface area contributed by atoms with Gasteiger partial charge in [0.25, 0.3) is 5.91 Å². The van der Waals surface area contributed by atoms with Gasteiger partial charge in [-0.1, -0.05) is 52.3 Å². The van der Waals surface area contributed by atoms with E-state index in [0.717, 1.165) is 15.6 Å². The zero-order valence-electron chi connectivity index (χ0n) is 16.0. The number of carbonyl (C=O) groups is 1. The first-order valence-corrected chi connectivity index (χ1v) is 9.75. The lowest BCUT2D eigenvalue weighted by Crippen LogP contribution is -2.31. The lowest BCUT2D eigenvalue weighted by atomic mass is 10.1. The van der Waals surface area contributed by atoms with Gasteiger partial charge in [0.2, 0.25) is 0 Å². The van der Waals surface area contributed by atoms with E-state index in [2.05, 4.69) is 26.2 Å². The molecule has 7 heteroatoms. The molecular weight excluding hydrogens is 434 g/mol. The van der Waals surface area contributed by atoms with E-state index in [4.69, 9.17) is 4.74 Å². The molecule has 1 amide bonds. The molecule has 2 aromatic carbocycles. The van der Waals surface area contributed by atoms with Crippen molar-refractivity contribution < 1.29 is 9.53 Å². The molecule has 0 saturated heterocycles. The summed E-state index contributed by atoms with van der Waals surface area (Å²) in [6, 6.07) is 17.0. The summed E-state index contributed by atoms with van der Waals surface area (Å²) in [6.45, 7) is 1.64. The average molecular weight is 454 g/mol. The summed E-state index contributed by atoms with van der Waals surface area (Å²) in [5.41, 5.74) is 1.67. The van der Waals surface area contributed by atoms with E-state index in [0.29, 0.717) is 5.75 Å². The van der Waals surface area contributed by atoms with Gasteiger partial charge in [-0.2, -0.15) is 4.98 Å².